The molecular weight excluding hydrogens is 352 g/mol. The van der Waals surface area contributed by atoms with Crippen molar-refractivity contribution >= 4 is 27.6 Å². The van der Waals surface area contributed by atoms with Crippen LogP contribution in [0, 0.1) is 0 Å². The fourth-order valence-corrected chi connectivity index (χ4v) is 3.68. The maximum Gasteiger partial charge on any atom is 0.321 e. The Morgan fingerprint density at radius 1 is 1.07 bits per heavy atom. The van der Waals surface area contributed by atoms with Gasteiger partial charge in [0.1, 0.15) is 11.8 Å². The van der Waals surface area contributed by atoms with E-state index in [4.69, 9.17) is 4.74 Å². The lowest BCUT2D eigenvalue weighted by Gasteiger charge is -2.17. The number of fused-ring (bicyclic) bond motifs is 2. The summed E-state index contributed by atoms with van der Waals surface area (Å²) in [5.74, 6) is -0.119. The molecule has 142 valence electrons. The number of carboxylic acid groups (broad SMARTS) is 1. The maximum atomic E-state index is 11.9. The number of aromatic nitrogens is 1. The average Bonchev–Trinajstić information content (AvgIpc) is 3.13. The molecule has 1 atom stereocenters. The molecule has 0 spiro atoms. The Morgan fingerprint density at radius 3 is 2.61 bits per heavy atom. The van der Waals surface area contributed by atoms with Gasteiger partial charge >= 0.3 is 5.97 Å². The number of H-pyrrole nitrogens is 1. The van der Waals surface area contributed by atoms with Crippen molar-refractivity contribution in [3.8, 4) is 5.75 Å². The fraction of sp³-hybridized carbons (Fsp3) is 0.174. The first kappa shape index (κ1) is 18.1. The quantitative estimate of drug-likeness (QED) is 0.455. The minimum absolute atomic E-state index is 0.395. The lowest BCUT2D eigenvalue weighted by Crippen LogP contribution is -2.38. The van der Waals surface area contributed by atoms with E-state index in [1.165, 1.54) is 0 Å². The van der Waals surface area contributed by atoms with Gasteiger partial charge in [-0.25, -0.2) is 0 Å². The molecule has 28 heavy (non-hydrogen) atoms. The van der Waals surface area contributed by atoms with E-state index >= 15 is 0 Å². The van der Waals surface area contributed by atoms with E-state index in [-0.39, 0.29) is 0 Å². The lowest BCUT2D eigenvalue weighted by atomic mass is 10.0. The van der Waals surface area contributed by atoms with E-state index in [9.17, 15) is 9.90 Å². The van der Waals surface area contributed by atoms with E-state index in [0.29, 0.717) is 13.0 Å². The second kappa shape index (κ2) is 7.74. The molecule has 0 radical (unpaired) electrons. The molecule has 4 rings (SSSR count). The van der Waals surface area contributed by atoms with Gasteiger partial charge in [-0.15, -0.1) is 0 Å². The summed E-state index contributed by atoms with van der Waals surface area (Å²) in [5, 5.41) is 16.2. The smallest absolute Gasteiger partial charge is 0.321 e. The van der Waals surface area contributed by atoms with E-state index in [1.54, 1.807) is 7.11 Å². The predicted octanol–water partition coefficient (Wildman–Crippen LogP) is 4.12. The number of benzene rings is 3. The van der Waals surface area contributed by atoms with E-state index in [0.717, 1.165) is 38.6 Å². The molecule has 0 amide bonds. The Bertz CT molecular complexity index is 1130. The maximum absolute atomic E-state index is 11.9. The van der Waals surface area contributed by atoms with Crippen LogP contribution in [0.2, 0.25) is 0 Å². The molecule has 0 aliphatic heterocycles. The molecule has 0 saturated carbocycles. The monoisotopic (exact) mass is 374 g/mol. The summed E-state index contributed by atoms with van der Waals surface area (Å²) >= 11 is 0. The van der Waals surface area contributed by atoms with Crippen molar-refractivity contribution in [2.75, 3.05) is 7.11 Å². The highest BCUT2D eigenvalue weighted by Crippen LogP contribution is 2.28. The van der Waals surface area contributed by atoms with Gasteiger partial charge in [-0.05, 0) is 28.5 Å². The molecule has 5 nitrogen and oxygen atoms in total. The van der Waals surface area contributed by atoms with E-state index < -0.39 is 12.0 Å². The van der Waals surface area contributed by atoms with Crippen molar-refractivity contribution in [2.24, 2.45) is 0 Å². The number of carbonyl (C=O) groups is 1. The number of nitrogens with one attached hydrogen (secondary N) is 2. The number of carboxylic acids is 1. The number of aliphatic carboxylic acids is 1. The SMILES string of the molecule is COc1ccc2ccccc2c1CN[C@@H](Cc1c[nH]c2ccccc12)C(=O)O. The third-order valence-electron chi connectivity index (χ3n) is 5.14. The van der Waals surface area contributed by atoms with Gasteiger partial charge in [0.05, 0.1) is 7.11 Å². The molecular formula is C23H22N2O3. The summed E-state index contributed by atoms with van der Waals surface area (Å²) in [6.07, 6.45) is 2.28. The molecule has 1 heterocycles. The molecule has 5 heteroatoms. The standard InChI is InChI=1S/C23H22N2O3/c1-28-22-11-10-15-6-2-3-7-17(15)19(22)14-25-21(23(26)27)12-16-13-24-20-9-5-4-8-18(16)20/h2-11,13,21,24-25H,12,14H2,1H3,(H,26,27)/t21-/m0/s1. The van der Waals surface area contributed by atoms with Crippen LogP contribution in [0.1, 0.15) is 11.1 Å². The van der Waals surface area contributed by atoms with Crippen LogP contribution >= 0.6 is 0 Å². The van der Waals surface area contributed by atoms with Crippen LogP contribution in [-0.4, -0.2) is 29.2 Å². The Kier molecular flexibility index (Phi) is 5.00. The van der Waals surface area contributed by atoms with Crippen LogP contribution in [0.3, 0.4) is 0 Å². The third-order valence-corrected chi connectivity index (χ3v) is 5.14. The number of rotatable bonds is 7. The van der Waals surface area contributed by atoms with Crippen molar-refractivity contribution in [1.29, 1.82) is 0 Å². The molecule has 0 fully saturated rings. The van der Waals surface area contributed by atoms with Gasteiger partial charge in [0.2, 0.25) is 0 Å². The number of hydrogen-bond donors (Lipinski definition) is 3. The molecule has 4 aromatic rings. The molecule has 0 saturated heterocycles. The van der Waals surface area contributed by atoms with Gasteiger partial charge in [-0.1, -0.05) is 48.5 Å². The first-order valence-electron chi connectivity index (χ1n) is 9.23. The zero-order valence-corrected chi connectivity index (χ0v) is 15.6. The highest BCUT2D eigenvalue weighted by Gasteiger charge is 2.20. The molecule has 0 aliphatic rings. The first-order valence-corrected chi connectivity index (χ1v) is 9.23. The van der Waals surface area contributed by atoms with Crippen LogP contribution in [0.15, 0.2) is 66.9 Å². The number of aromatic amines is 1. The Hall–Kier alpha value is -3.31. The highest BCUT2D eigenvalue weighted by atomic mass is 16.5. The minimum atomic E-state index is -0.871. The summed E-state index contributed by atoms with van der Waals surface area (Å²) in [6, 6.07) is 19.2. The van der Waals surface area contributed by atoms with Crippen molar-refractivity contribution in [3.05, 3.63) is 78.0 Å². The first-order chi connectivity index (χ1) is 13.7. The summed E-state index contributed by atoms with van der Waals surface area (Å²) < 4.78 is 5.52. The number of para-hydroxylation sites is 1. The fourth-order valence-electron chi connectivity index (χ4n) is 3.68. The van der Waals surface area contributed by atoms with Gasteiger partial charge in [0.25, 0.3) is 0 Å². The van der Waals surface area contributed by atoms with Crippen LogP contribution in [0.25, 0.3) is 21.7 Å². The summed E-state index contributed by atoms with van der Waals surface area (Å²) in [4.78, 5) is 15.1. The van der Waals surface area contributed by atoms with Gasteiger partial charge in [0, 0.05) is 35.6 Å². The molecule has 3 aromatic carbocycles. The third kappa shape index (κ3) is 3.44. The van der Waals surface area contributed by atoms with E-state index in [1.807, 2.05) is 66.9 Å². The molecule has 0 aliphatic carbocycles. The van der Waals surface area contributed by atoms with Gasteiger partial charge in [-0.2, -0.15) is 0 Å². The average molecular weight is 374 g/mol. The molecule has 3 N–H and O–H groups in total. The number of ether oxygens (including phenoxy) is 1. The second-order valence-corrected chi connectivity index (χ2v) is 6.80. The normalized spacial score (nSPS) is 12.3. The van der Waals surface area contributed by atoms with Crippen LogP contribution in [0.5, 0.6) is 5.75 Å². The zero-order chi connectivity index (χ0) is 19.5. The molecule has 0 bridgehead atoms. The Labute approximate surface area is 163 Å². The van der Waals surface area contributed by atoms with Crippen molar-refractivity contribution < 1.29 is 14.6 Å². The van der Waals surface area contributed by atoms with Crippen LogP contribution in [-0.2, 0) is 17.8 Å². The molecule has 0 unspecified atom stereocenters. The zero-order valence-electron chi connectivity index (χ0n) is 15.6. The highest BCUT2D eigenvalue weighted by molar-refractivity contribution is 5.88. The van der Waals surface area contributed by atoms with Gasteiger partial charge < -0.3 is 14.8 Å². The van der Waals surface area contributed by atoms with Gasteiger partial charge in [-0.3, -0.25) is 10.1 Å². The predicted molar refractivity (Wildman–Crippen MR) is 111 cm³/mol. The van der Waals surface area contributed by atoms with Crippen molar-refractivity contribution in [1.82, 2.24) is 10.3 Å². The van der Waals surface area contributed by atoms with Crippen molar-refractivity contribution in [2.45, 2.75) is 19.0 Å². The van der Waals surface area contributed by atoms with Crippen molar-refractivity contribution in [3.63, 3.8) is 0 Å². The van der Waals surface area contributed by atoms with Crippen LogP contribution in [0.4, 0.5) is 0 Å². The second-order valence-electron chi connectivity index (χ2n) is 6.80. The van der Waals surface area contributed by atoms with Crippen LogP contribution < -0.4 is 10.1 Å². The number of methoxy groups -OCH3 is 1. The van der Waals surface area contributed by atoms with E-state index in [2.05, 4.69) is 10.3 Å². The minimum Gasteiger partial charge on any atom is -0.496 e. The number of hydrogen-bond acceptors (Lipinski definition) is 3. The summed E-state index contributed by atoms with van der Waals surface area (Å²) in [5.41, 5.74) is 2.96. The van der Waals surface area contributed by atoms with Gasteiger partial charge in [0.15, 0.2) is 0 Å². The summed E-state index contributed by atoms with van der Waals surface area (Å²) in [7, 11) is 1.63. The Balaban J connectivity index is 1.60. The lowest BCUT2D eigenvalue weighted by molar-refractivity contribution is -0.139. The summed E-state index contributed by atoms with van der Waals surface area (Å²) in [6.45, 7) is 0.407. The Morgan fingerprint density at radius 2 is 1.82 bits per heavy atom. The topological polar surface area (TPSA) is 74.3 Å². The molecule has 1 aromatic heterocycles. The largest absolute Gasteiger partial charge is 0.496 e.